The summed E-state index contributed by atoms with van der Waals surface area (Å²) in [6, 6.07) is 5.41. The second kappa shape index (κ2) is 6.72. The van der Waals surface area contributed by atoms with E-state index in [1.165, 1.54) is 0 Å². The maximum absolute atomic E-state index is 12.4. The van der Waals surface area contributed by atoms with Gasteiger partial charge in [0.25, 0.3) is 0 Å². The maximum Gasteiger partial charge on any atom is 0.240 e. The normalized spacial score (nSPS) is 12.7. The van der Waals surface area contributed by atoms with Crippen molar-refractivity contribution >= 4 is 10.0 Å². The van der Waals surface area contributed by atoms with E-state index in [1.54, 1.807) is 12.1 Å². The average Bonchev–Trinajstić information content (AvgIpc) is 2.26. The summed E-state index contributed by atoms with van der Waals surface area (Å²) >= 11 is 0. The summed E-state index contributed by atoms with van der Waals surface area (Å²) in [6.07, 6.45) is 0. The van der Waals surface area contributed by atoms with Gasteiger partial charge < -0.3 is 0 Å². The van der Waals surface area contributed by atoms with Gasteiger partial charge in [0, 0.05) is 6.54 Å². The van der Waals surface area contributed by atoms with Gasteiger partial charge in [0.05, 0.1) is 4.90 Å². The van der Waals surface area contributed by atoms with Gasteiger partial charge in [-0.25, -0.2) is 13.1 Å². The molecule has 0 aliphatic rings. The first kappa shape index (κ1) is 17.2. The minimum Gasteiger partial charge on any atom is -0.211 e. The molecular weight excluding hydrogens is 270 g/mol. The van der Waals surface area contributed by atoms with Crippen LogP contribution in [0.5, 0.6) is 0 Å². The molecule has 0 bridgehead atoms. The predicted octanol–water partition coefficient (Wildman–Crippen LogP) is 3.51. The number of hydrogen-bond acceptors (Lipinski definition) is 2. The van der Waals surface area contributed by atoms with Crippen LogP contribution in [0.1, 0.15) is 38.8 Å². The molecule has 0 heterocycles. The summed E-state index contributed by atoms with van der Waals surface area (Å²) in [7, 11) is -3.42. The molecule has 1 N–H and O–H groups in total. The molecule has 0 unspecified atom stereocenters. The quantitative estimate of drug-likeness (QED) is 0.873. The van der Waals surface area contributed by atoms with E-state index in [0.29, 0.717) is 29.2 Å². The van der Waals surface area contributed by atoms with Crippen molar-refractivity contribution in [2.45, 2.75) is 46.4 Å². The summed E-state index contributed by atoms with van der Waals surface area (Å²) in [5, 5.41) is 0. The van der Waals surface area contributed by atoms with Gasteiger partial charge in [-0.15, -0.1) is 0 Å². The van der Waals surface area contributed by atoms with Crippen LogP contribution in [0.3, 0.4) is 0 Å². The Labute approximate surface area is 123 Å². The number of hydrogen-bond donors (Lipinski definition) is 1. The van der Waals surface area contributed by atoms with Gasteiger partial charge >= 0.3 is 0 Å². The topological polar surface area (TPSA) is 46.2 Å². The third-order valence-corrected chi connectivity index (χ3v) is 5.13. The van der Waals surface area contributed by atoms with Gasteiger partial charge in [0.2, 0.25) is 10.0 Å². The van der Waals surface area contributed by atoms with Crippen LogP contribution in [-0.2, 0) is 10.0 Å². The Morgan fingerprint density at radius 1 is 0.950 bits per heavy atom. The zero-order valence-corrected chi connectivity index (χ0v) is 14.2. The van der Waals surface area contributed by atoms with E-state index in [2.05, 4.69) is 32.4 Å². The van der Waals surface area contributed by atoms with Gasteiger partial charge in [-0.3, -0.25) is 0 Å². The fraction of sp³-hybridized carbons (Fsp3) is 0.625. The van der Waals surface area contributed by atoms with E-state index in [1.807, 2.05) is 19.9 Å². The molecule has 0 aliphatic heterocycles. The maximum atomic E-state index is 12.4. The van der Waals surface area contributed by atoms with Crippen molar-refractivity contribution in [2.75, 3.05) is 6.54 Å². The predicted molar refractivity (Wildman–Crippen MR) is 84.3 cm³/mol. The van der Waals surface area contributed by atoms with Crippen LogP contribution in [0.2, 0.25) is 0 Å². The fourth-order valence-electron chi connectivity index (χ4n) is 2.62. The summed E-state index contributed by atoms with van der Waals surface area (Å²) < 4.78 is 27.5. The third-order valence-electron chi connectivity index (χ3n) is 3.73. The molecule has 0 fully saturated rings. The van der Waals surface area contributed by atoms with Crippen molar-refractivity contribution < 1.29 is 8.42 Å². The Balaban J connectivity index is 2.90. The SMILES string of the molecule is Cc1cc(C)cc(S(=O)(=O)NCC(C(C)C)C(C)C)c1. The van der Waals surface area contributed by atoms with Crippen molar-refractivity contribution in [2.24, 2.45) is 17.8 Å². The molecule has 0 spiro atoms. The largest absolute Gasteiger partial charge is 0.240 e. The molecule has 0 radical (unpaired) electrons. The van der Waals surface area contributed by atoms with Gasteiger partial charge in [0.1, 0.15) is 0 Å². The Morgan fingerprint density at radius 3 is 1.80 bits per heavy atom. The lowest BCUT2D eigenvalue weighted by Crippen LogP contribution is -2.34. The van der Waals surface area contributed by atoms with Crippen LogP contribution < -0.4 is 4.72 Å². The van der Waals surface area contributed by atoms with Gasteiger partial charge in [0.15, 0.2) is 0 Å². The van der Waals surface area contributed by atoms with E-state index in [4.69, 9.17) is 0 Å². The molecule has 0 amide bonds. The van der Waals surface area contributed by atoms with Crippen LogP contribution in [0.15, 0.2) is 23.1 Å². The lowest BCUT2D eigenvalue weighted by molar-refractivity contribution is 0.289. The molecule has 0 aliphatic carbocycles. The molecule has 3 nitrogen and oxygen atoms in total. The molecule has 1 rings (SSSR count). The Kier molecular flexibility index (Phi) is 5.78. The average molecular weight is 297 g/mol. The standard InChI is InChI=1S/C16H27NO2S/c1-11(2)16(12(3)4)10-17-20(18,19)15-8-13(5)7-14(6)9-15/h7-9,11-12,16-17H,10H2,1-6H3. The minimum atomic E-state index is -3.42. The molecule has 1 aromatic rings. The summed E-state index contributed by atoms with van der Waals surface area (Å²) in [5.41, 5.74) is 1.93. The summed E-state index contributed by atoms with van der Waals surface area (Å²) in [4.78, 5) is 0.362. The highest BCUT2D eigenvalue weighted by Gasteiger charge is 2.21. The molecule has 1 aromatic carbocycles. The van der Waals surface area contributed by atoms with Crippen molar-refractivity contribution in [3.8, 4) is 0 Å². The first-order valence-electron chi connectivity index (χ1n) is 7.21. The molecule has 0 atom stereocenters. The highest BCUT2D eigenvalue weighted by Crippen LogP contribution is 2.21. The smallest absolute Gasteiger partial charge is 0.211 e. The Morgan fingerprint density at radius 2 is 1.40 bits per heavy atom. The zero-order chi connectivity index (χ0) is 15.5. The van der Waals surface area contributed by atoms with Crippen molar-refractivity contribution in [1.29, 1.82) is 0 Å². The fourth-order valence-corrected chi connectivity index (χ4v) is 3.88. The van der Waals surface area contributed by atoms with E-state index in [0.717, 1.165) is 11.1 Å². The van der Waals surface area contributed by atoms with E-state index < -0.39 is 10.0 Å². The highest BCUT2D eigenvalue weighted by atomic mass is 32.2. The molecule has 0 saturated heterocycles. The zero-order valence-electron chi connectivity index (χ0n) is 13.4. The van der Waals surface area contributed by atoms with Crippen molar-refractivity contribution in [3.63, 3.8) is 0 Å². The minimum absolute atomic E-state index is 0.343. The second-order valence-corrected chi connectivity index (χ2v) is 8.09. The van der Waals surface area contributed by atoms with Crippen molar-refractivity contribution in [3.05, 3.63) is 29.3 Å². The molecular formula is C16H27NO2S. The summed E-state index contributed by atoms with van der Waals surface area (Å²) in [6.45, 7) is 12.9. The first-order chi connectivity index (χ1) is 9.13. The van der Waals surface area contributed by atoms with Crippen LogP contribution in [-0.4, -0.2) is 15.0 Å². The molecule has 0 aromatic heterocycles. The highest BCUT2D eigenvalue weighted by molar-refractivity contribution is 7.89. The first-order valence-corrected chi connectivity index (χ1v) is 8.69. The lowest BCUT2D eigenvalue weighted by Gasteiger charge is -2.25. The van der Waals surface area contributed by atoms with Crippen LogP contribution in [0.4, 0.5) is 0 Å². The van der Waals surface area contributed by atoms with E-state index in [-0.39, 0.29) is 0 Å². The third kappa shape index (κ3) is 4.60. The Bertz CT molecular complexity index is 519. The lowest BCUT2D eigenvalue weighted by atomic mass is 9.86. The molecule has 0 saturated carbocycles. The second-order valence-electron chi connectivity index (χ2n) is 6.33. The van der Waals surface area contributed by atoms with E-state index >= 15 is 0 Å². The van der Waals surface area contributed by atoms with Crippen molar-refractivity contribution in [1.82, 2.24) is 4.72 Å². The Hall–Kier alpha value is -0.870. The van der Waals surface area contributed by atoms with Crippen LogP contribution in [0.25, 0.3) is 0 Å². The number of sulfonamides is 1. The number of aryl methyl sites for hydroxylation is 2. The number of rotatable bonds is 6. The van der Waals surface area contributed by atoms with Gasteiger partial charge in [-0.1, -0.05) is 33.8 Å². The number of benzene rings is 1. The monoisotopic (exact) mass is 297 g/mol. The van der Waals surface area contributed by atoms with E-state index in [9.17, 15) is 8.42 Å². The number of nitrogens with one attached hydrogen (secondary N) is 1. The van der Waals surface area contributed by atoms with Gasteiger partial charge in [-0.2, -0.15) is 0 Å². The summed E-state index contributed by atoms with van der Waals surface area (Å²) in [5.74, 6) is 1.25. The molecule has 20 heavy (non-hydrogen) atoms. The molecule has 4 heteroatoms. The van der Waals surface area contributed by atoms with Crippen LogP contribution in [0, 0.1) is 31.6 Å². The molecule has 114 valence electrons. The van der Waals surface area contributed by atoms with Gasteiger partial charge in [-0.05, 0) is 54.9 Å². The van der Waals surface area contributed by atoms with Crippen LogP contribution >= 0.6 is 0 Å².